The van der Waals surface area contributed by atoms with Crippen LogP contribution in [-0.4, -0.2) is 13.6 Å². The molecule has 0 aliphatic rings. The lowest BCUT2D eigenvalue weighted by atomic mass is 10.2. The second-order valence-corrected chi connectivity index (χ2v) is 5.23. The summed E-state index contributed by atoms with van der Waals surface area (Å²) in [5.41, 5.74) is 5.87. The van der Waals surface area contributed by atoms with Gasteiger partial charge >= 0.3 is 0 Å². The van der Waals surface area contributed by atoms with Gasteiger partial charge in [-0.3, -0.25) is 0 Å². The quantitative estimate of drug-likeness (QED) is 0.750. The van der Waals surface area contributed by atoms with Crippen LogP contribution >= 0.6 is 10.7 Å². The smallest absolute Gasteiger partial charge is 0.261 e. The monoisotopic (exact) mass is 232 g/mol. The molecule has 2 rings (SSSR count). The molecule has 14 heavy (non-hydrogen) atoms. The molecular weight excluding hydrogens is 228 g/mol. The summed E-state index contributed by atoms with van der Waals surface area (Å²) in [6.45, 7) is 0. The zero-order valence-electron chi connectivity index (χ0n) is 6.77. The molecule has 0 atom stereocenters. The van der Waals surface area contributed by atoms with Gasteiger partial charge in [0.1, 0.15) is 0 Å². The molecule has 0 unspecified atom stereocenters. The summed E-state index contributed by atoms with van der Waals surface area (Å²) in [6, 6.07) is 4.10. The summed E-state index contributed by atoms with van der Waals surface area (Å²) in [5, 5.41) is 3.92. The number of nitrogens with zero attached hydrogens (tertiary/aromatic N) is 1. The molecule has 0 aliphatic heterocycles. The van der Waals surface area contributed by atoms with Crippen LogP contribution in [0.3, 0.4) is 0 Å². The van der Waals surface area contributed by atoms with E-state index in [9.17, 15) is 8.42 Å². The molecule has 7 heteroatoms. The van der Waals surface area contributed by atoms with E-state index in [4.69, 9.17) is 20.9 Å². The second kappa shape index (κ2) is 2.86. The number of nitrogen functional groups attached to an aromatic ring is 1. The number of benzene rings is 1. The number of fused-ring (bicyclic) bond motifs is 1. The Morgan fingerprint density at radius 3 is 2.79 bits per heavy atom. The molecule has 0 fully saturated rings. The maximum absolute atomic E-state index is 11.0. The van der Waals surface area contributed by atoms with Crippen molar-refractivity contribution in [3.05, 3.63) is 18.2 Å². The van der Waals surface area contributed by atoms with E-state index < -0.39 is 9.05 Å². The van der Waals surface area contributed by atoms with Crippen LogP contribution < -0.4 is 5.73 Å². The summed E-state index contributed by atoms with van der Waals surface area (Å²) >= 11 is 0. The minimum Gasteiger partial charge on any atom is -0.380 e. The number of hydrogen-bond acceptors (Lipinski definition) is 5. The van der Waals surface area contributed by atoms with Crippen LogP contribution in [0.4, 0.5) is 5.82 Å². The fraction of sp³-hybridized carbons (Fsp3) is 0. The summed E-state index contributed by atoms with van der Waals surface area (Å²) in [7, 11) is 1.42. The Morgan fingerprint density at radius 2 is 2.14 bits per heavy atom. The van der Waals surface area contributed by atoms with Gasteiger partial charge in [0.15, 0.2) is 11.4 Å². The minimum atomic E-state index is -3.74. The predicted octanol–water partition coefficient (Wildman–Crippen LogP) is 1.34. The number of hydrogen-bond donors (Lipinski definition) is 1. The predicted molar refractivity (Wildman–Crippen MR) is 51.5 cm³/mol. The average Bonchev–Trinajstić information content (AvgIpc) is 2.46. The molecule has 1 heterocycles. The Bertz CT molecular complexity index is 590. The first-order chi connectivity index (χ1) is 6.48. The van der Waals surface area contributed by atoms with E-state index in [0.29, 0.717) is 11.0 Å². The van der Waals surface area contributed by atoms with Crippen LogP contribution in [0.15, 0.2) is 27.6 Å². The van der Waals surface area contributed by atoms with Crippen LogP contribution in [0.2, 0.25) is 0 Å². The van der Waals surface area contributed by atoms with E-state index in [-0.39, 0.29) is 10.7 Å². The van der Waals surface area contributed by atoms with Gasteiger partial charge in [0.25, 0.3) is 9.05 Å². The van der Waals surface area contributed by atoms with Gasteiger partial charge in [-0.05, 0) is 18.2 Å². The number of anilines is 1. The Kier molecular flexibility index (Phi) is 1.90. The van der Waals surface area contributed by atoms with Gasteiger partial charge in [-0.1, -0.05) is 5.16 Å². The number of halogens is 1. The van der Waals surface area contributed by atoms with Crippen LogP contribution in [0.1, 0.15) is 0 Å². The van der Waals surface area contributed by atoms with Gasteiger partial charge < -0.3 is 10.3 Å². The largest absolute Gasteiger partial charge is 0.380 e. The molecule has 0 saturated heterocycles. The third-order valence-corrected chi connectivity index (χ3v) is 3.10. The van der Waals surface area contributed by atoms with E-state index in [1.54, 1.807) is 0 Å². The van der Waals surface area contributed by atoms with Gasteiger partial charge in [-0.2, -0.15) is 0 Å². The standard InChI is InChI=1S/C7H5ClN2O3S/c8-14(11,12)4-1-2-6-5(3-4)7(9)10-13-6/h1-3H,(H2,9,10). The van der Waals surface area contributed by atoms with Crippen LogP contribution in [0, 0.1) is 0 Å². The zero-order valence-corrected chi connectivity index (χ0v) is 8.34. The summed E-state index contributed by atoms with van der Waals surface area (Å²) < 4.78 is 26.8. The van der Waals surface area contributed by atoms with E-state index in [1.165, 1.54) is 18.2 Å². The third kappa shape index (κ3) is 1.42. The normalized spacial score (nSPS) is 12.1. The lowest BCUT2D eigenvalue weighted by Crippen LogP contribution is -1.90. The van der Waals surface area contributed by atoms with Gasteiger partial charge in [-0.25, -0.2) is 8.42 Å². The van der Waals surface area contributed by atoms with E-state index in [0.717, 1.165) is 0 Å². The van der Waals surface area contributed by atoms with Gasteiger partial charge in [-0.15, -0.1) is 0 Å². The highest BCUT2D eigenvalue weighted by atomic mass is 35.7. The van der Waals surface area contributed by atoms with Crippen molar-refractivity contribution < 1.29 is 12.9 Å². The molecule has 0 amide bonds. The summed E-state index contributed by atoms with van der Waals surface area (Å²) in [5.74, 6) is 0.141. The van der Waals surface area contributed by atoms with Crippen molar-refractivity contribution in [1.29, 1.82) is 0 Å². The van der Waals surface area contributed by atoms with Crippen molar-refractivity contribution >= 4 is 36.5 Å². The van der Waals surface area contributed by atoms with Crippen LogP contribution in [-0.2, 0) is 9.05 Å². The molecule has 1 aromatic carbocycles. The Labute approximate surface area is 83.9 Å². The van der Waals surface area contributed by atoms with Gasteiger partial charge in [0.2, 0.25) is 0 Å². The van der Waals surface area contributed by atoms with Crippen molar-refractivity contribution in [3.8, 4) is 0 Å². The van der Waals surface area contributed by atoms with Crippen LogP contribution in [0.25, 0.3) is 11.0 Å². The first kappa shape index (κ1) is 9.29. The molecule has 0 bridgehead atoms. The minimum absolute atomic E-state index is 0.0263. The summed E-state index contributed by atoms with van der Waals surface area (Å²) in [4.78, 5) is -0.0263. The number of aromatic nitrogens is 1. The highest BCUT2D eigenvalue weighted by Crippen LogP contribution is 2.25. The van der Waals surface area contributed by atoms with E-state index in [2.05, 4.69) is 5.16 Å². The lowest BCUT2D eigenvalue weighted by Gasteiger charge is -1.94. The van der Waals surface area contributed by atoms with E-state index >= 15 is 0 Å². The molecule has 0 radical (unpaired) electrons. The average molecular weight is 233 g/mol. The first-order valence-corrected chi connectivity index (χ1v) is 5.89. The lowest BCUT2D eigenvalue weighted by molar-refractivity contribution is 0.460. The number of nitrogens with two attached hydrogens (primary N) is 1. The molecule has 2 aromatic rings. The molecule has 0 saturated carbocycles. The zero-order chi connectivity index (χ0) is 10.3. The van der Waals surface area contributed by atoms with Crippen molar-refractivity contribution in [2.75, 3.05) is 5.73 Å². The van der Waals surface area contributed by atoms with Crippen molar-refractivity contribution in [3.63, 3.8) is 0 Å². The maximum atomic E-state index is 11.0. The molecular formula is C7H5ClN2O3S. The fourth-order valence-corrected chi connectivity index (χ4v) is 1.87. The second-order valence-electron chi connectivity index (χ2n) is 2.66. The van der Waals surface area contributed by atoms with Crippen molar-refractivity contribution in [2.24, 2.45) is 0 Å². The highest BCUT2D eigenvalue weighted by Gasteiger charge is 2.13. The molecule has 74 valence electrons. The SMILES string of the molecule is Nc1noc2ccc(S(=O)(=O)Cl)cc12. The molecule has 0 spiro atoms. The Hall–Kier alpha value is -1.27. The first-order valence-electron chi connectivity index (χ1n) is 3.58. The Balaban J connectivity index is 2.79. The fourth-order valence-electron chi connectivity index (χ4n) is 1.09. The topological polar surface area (TPSA) is 86.2 Å². The molecule has 5 nitrogen and oxygen atoms in total. The highest BCUT2D eigenvalue weighted by molar-refractivity contribution is 8.13. The van der Waals surface area contributed by atoms with Gasteiger partial charge in [0.05, 0.1) is 10.3 Å². The number of rotatable bonds is 1. The molecule has 0 aliphatic carbocycles. The van der Waals surface area contributed by atoms with Gasteiger partial charge in [0, 0.05) is 10.7 Å². The maximum Gasteiger partial charge on any atom is 0.261 e. The van der Waals surface area contributed by atoms with Crippen molar-refractivity contribution in [1.82, 2.24) is 5.16 Å². The summed E-state index contributed by atoms with van der Waals surface area (Å²) in [6.07, 6.45) is 0. The van der Waals surface area contributed by atoms with E-state index in [1.807, 2.05) is 0 Å². The van der Waals surface area contributed by atoms with Crippen LogP contribution in [0.5, 0.6) is 0 Å². The third-order valence-electron chi connectivity index (χ3n) is 1.75. The Morgan fingerprint density at radius 1 is 1.43 bits per heavy atom. The molecule has 2 N–H and O–H groups in total. The molecule has 1 aromatic heterocycles. The van der Waals surface area contributed by atoms with Crippen molar-refractivity contribution in [2.45, 2.75) is 4.90 Å².